The van der Waals surface area contributed by atoms with Crippen molar-refractivity contribution in [2.75, 3.05) is 0 Å². The van der Waals surface area contributed by atoms with E-state index in [1.165, 1.54) is 0 Å². The zero-order valence-electron chi connectivity index (χ0n) is 14.0. The first-order chi connectivity index (χ1) is 10.5. The van der Waals surface area contributed by atoms with Gasteiger partial charge in [0.2, 0.25) is 0 Å². The van der Waals surface area contributed by atoms with Gasteiger partial charge < -0.3 is 5.11 Å². The second-order valence-corrected chi connectivity index (χ2v) is 6.35. The first-order valence-corrected chi connectivity index (χ1v) is 8.07. The minimum absolute atomic E-state index is 0.0522. The predicted octanol–water partition coefficient (Wildman–Crippen LogP) is 4.58. The Labute approximate surface area is 134 Å². The van der Waals surface area contributed by atoms with Crippen LogP contribution in [0, 0.1) is 0 Å². The van der Waals surface area contributed by atoms with Crippen LogP contribution in [0.5, 0.6) is 0 Å². The molecule has 2 rings (SSSR count). The van der Waals surface area contributed by atoms with E-state index in [1.807, 2.05) is 48.5 Å². The van der Waals surface area contributed by atoms with Gasteiger partial charge in [-0.1, -0.05) is 60.7 Å². The Bertz CT molecular complexity index is 542. The lowest BCUT2D eigenvalue weighted by atomic mass is 9.92. The van der Waals surface area contributed by atoms with Crippen LogP contribution in [0.25, 0.3) is 0 Å². The molecule has 0 spiro atoms. The summed E-state index contributed by atoms with van der Waals surface area (Å²) in [7, 11) is 0. The van der Waals surface area contributed by atoms with E-state index >= 15 is 0 Å². The third-order valence-corrected chi connectivity index (χ3v) is 4.10. The van der Waals surface area contributed by atoms with E-state index in [9.17, 15) is 5.11 Å². The largest absolute Gasteiger partial charge is 0.386 e. The molecule has 118 valence electrons. The molecule has 1 N–H and O–H groups in total. The van der Waals surface area contributed by atoms with Gasteiger partial charge in [0.15, 0.2) is 0 Å². The smallest absolute Gasteiger partial charge is 0.0987 e. The van der Waals surface area contributed by atoms with Gasteiger partial charge in [0.25, 0.3) is 0 Å². The summed E-state index contributed by atoms with van der Waals surface area (Å²) < 4.78 is 0. The van der Waals surface area contributed by atoms with Gasteiger partial charge in [-0.15, -0.1) is 0 Å². The zero-order valence-corrected chi connectivity index (χ0v) is 14.0. The van der Waals surface area contributed by atoms with Crippen LogP contribution in [0.1, 0.15) is 51.0 Å². The van der Waals surface area contributed by atoms with Gasteiger partial charge in [-0.2, -0.15) is 0 Å². The van der Waals surface area contributed by atoms with Crippen LogP contribution in [0.3, 0.4) is 0 Å². The first-order valence-electron chi connectivity index (χ1n) is 8.07. The molecule has 0 saturated heterocycles. The van der Waals surface area contributed by atoms with Crippen LogP contribution < -0.4 is 0 Å². The Morgan fingerprint density at radius 2 is 1.09 bits per heavy atom. The lowest BCUT2D eigenvalue weighted by Gasteiger charge is -2.41. The lowest BCUT2D eigenvalue weighted by Crippen LogP contribution is -2.42. The highest BCUT2D eigenvalue weighted by Crippen LogP contribution is 2.36. The summed E-state index contributed by atoms with van der Waals surface area (Å²) in [5, 5.41) is 11.1. The molecule has 0 fully saturated rings. The average Bonchev–Trinajstić information content (AvgIpc) is 2.52. The van der Waals surface area contributed by atoms with Crippen molar-refractivity contribution in [1.82, 2.24) is 4.90 Å². The summed E-state index contributed by atoms with van der Waals surface area (Å²) in [5.74, 6) is 0. The molecule has 2 aromatic carbocycles. The van der Waals surface area contributed by atoms with E-state index in [1.54, 1.807) is 0 Å². The Kier molecular flexibility index (Phi) is 5.76. The Balaban J connectivity index is 2.46. The van der Waals surface area contributed by atoms with Gasteiger partial charge >= 0.3 is 0 Å². The van der Waals surface area contributed by atoms with Gasteiger partial charge in [-0.05, 0) is 38.8 Å². The SMILES string of the molecule is CC(C)N(C(C)C)[C@H](c1ccccc1)[C@@H](O)c1ccccc1. The molecule has 22 heavy (non-hydrogen) atoms. The van der Waals surface area contributed by atoms with Crippen molar-refractivity contribution in [3.05, 3.63) is 71.8 Å². The molecule has 0 aliphatic rings. The number of rotatable bonds is 6. The molecule has 2 atom stereocenters. The molecule has 0 saturated carbocycles. The summed E-state index contributed by atoms with van der Waals surface area (Å²) in [6, 6.07) is 20.9. The number of hydrogen-bond donors (Lipinski definition) is 1. The number of aliphatic hydroxyl groups excluding tert-OH is 1. The molecular formula is C20H27NO. The van der Waals surface area contributed by atoms with E-state index in [2.05, 4.69) is 44.7 Å². The summed E-state index contributed by atoms with van der Waals surface area (Å²) in [6.07, 6.45) is -0.548. The van der Waals surface area contributed by atoms with Gasteiger partial charge in [0.05, 0.1) is 12.1 Å². The van der Waals surface area contributed by atoms with Crippen LogP contribution >= 0.6 is 0 Å². The Morgan fingerprint density at radius 3 is 1.50 bits per heavy atom. The van der Waals surface area contributed by atoms with Crippen molar-refractivity contribution in [1.29, 1.82) is 0 Å². The van der Waals surface area contributed by atoms with Crippen LogP contribution in [-0.2, 0) is 0 Å². The van der Waals surface area contributed by atoms with Crippen molar-refractivity contribution >= 4 is 0 Å². The highest BCUT2D eigenvalue weighted by molar-refractivity contribution is 5.26. The lowest BCUT2D eigenvalue weighted by molar-refractivity contribution is 0.00987. The fraction of sp³-hybridized carbons (Fsp3) is 0.400. The van der Waals surface area contributed by atoms with E-state index in [4.69, 9.17) is 0 Å². The molecule has 0 amide bonds. The van der Waals surface area contributed by atoms with Crippen LogP contribution in [-0.4, -0.2) is 22.1 Å². The molecule has 0 aromatic heterocycles. The standard InChI is InChI=1S/C20H27NO/c1-15(2)21(16(3)4)19(17-11-7-5-8-12-17)20(22)18-13-9-6-10-14-18/h5-16,19-20,22H,1-4H3/t19-,20+/m1/s1. The topological polar surface area (TPSA) is 23.5 Å². The molecule has 0 unspecified atom stereocenters. The van der Waals surface area contributed by atoms with Gasteiger partial charge in [0, 0.05) is 12.1 Å². The van der Waals surface area contributed by atoms with Crippen LogP contribution in [0.2, 0.25) is 0 Å². The van der Waals surface area contributed by atoms with E-state index < -0.39 is 6.10 Å². The number of nitrogens with zero attached hydrogens (tertiary/aromatic N) is 1. The van der Waals surface area contributed by atoms with Crippen molar-refractivity contribution in [3.63, 3.8) is 0 Å². The third-order valence-electron chi connectivity index (χ3n) is 4.10. The average molecular weight is 297 g/mol. The fourth-order valence-electron chi connectivity index (χ4n) is 3.24. The summed E-state index contributed by atoms with van der Waals surface area (Å²) >= 11 is 0. The molecule has 0 aliphatic heterocycles. The second kappa shape index (κ2) is 7.57. The molecular weight excluding hydrogens is 270 g/mol. The van der Waals surface area contributed by atoms with Crippen LogP contribution in [0.4, 0.5) is 0 Å². The van der Waals surface area contributed by atoms with Gasteiger partial charge in [-0.25, -0.2) is 0 Å². The second-order valence-electron chi connectivity index (χ2n) is 6.35. The number of aliphatic hydroxyl groups is 1. The van der Waals surface area contributed by atoms with Crippen LogP contribution in [0.15, 0.2) is 60.7 Å². The van der Waals surface area contributed by atoms with Gasteiger partial charge in [0.1, 0.15) is 0 Å². The summed E-state index contributed by atoms with van der Waals surface area (Å²) in [5.41, 5.74) is 2.11. The quantitative estimate of drug-likeness (QED) is 0.843. The molecule has 2 nitrogen and oxygen atoms in total. The number of hydrogen-bond acceptors (Lipinski definition) is 2. The maximum atomic E-state index is 11.1. The Hall–Kier alpha value is -1.64. The molecule has 2 heteroatoms. The number of benzene rings is 2. The van der Waals surface area contributed by atoms with Crippen molar-refractivity contribution in [3.8, 4) is 0 Å². The highest BCUT2D eigenvalue weighted by Gasteiger charge is 2.31. The highest BCUT2D eigenvalue weighted by atomic mass is 16.3. The van der Waals surface area contributed by atoms with Crippen molar-refractivity contribution in [2.24, 2.45) is 0 Å². The van der Waals surface area contributed by atoms with E-state index in [0.717, 1.165) is 11.1 Å². The normalized spacial score (nSPS) is 14.5. The maximum Gasteiger partial charge on any atom is 0.0987 e. The maximum absolute atomic E-state index is 11.1. The first kappa shape index (κ1) is 16.7. The van der Waals surface area contributed by atoms with E-state index in [0.29, 0.717) is 12.1 Å². The molecule has 2 aromatic rings. The van der Waals surface area contributed by atoms with Gasteiger partial charge in [-0.3, -0.25) is 4.90 Å². The Morgan fingerprint density at radius 1 is 0.682 bits per heavy atom. The van der Waals surface area contributed by atoms with Crippen molar-refractivity contribution < 1.29 is 5.11 Å². The molecule has 0 bridgehead atoms. The monoisotopic (exact) mass is 297 g/mol. The summed E-state index contributed by atoms with van der Waals surface area (Å²) in [6.45, 7) is 8.75. The van der Waals surface area contributed by atoms with Crippen molar-refractivity contribution in [2.45, 2.75) is 51.9 Å². The third kappa shape index (κ3) is 3.76. The van der Waals surface area contributed by atoms with E-state index in [-0.39, 0.29) is 6.04 Å². The molecule has 0 radical (unpaired) electrons. The zero-order chi connectivity index (χ0) is 16.1. The minimum atomic E-state index is -0.548. The summed E-state index contributed by atoms with van der Waals surface area (Å²) in [4.78, 5) is 2.38. The molecule has 0 aliphatic carbocycles. The minimum Gasteiger partial charge on any atom is -0.386 e. The fourth-order valence-corrected chi connectivity index (χ4v) is 3.24. The predicted molar refractivity (Wildman–Crippen MR) is 92.7 cm³/mol. The molecule has 0 heterocycles.